The van der Waals surface area contributed by atoms with Crippen molar-refractivity contribution >= 4 is 64.1 Å². The number of carbonyl (C=O) groups is 4. The van der Waals surface area contributed by atoms with Gasteiger partial charge in [0.25, 0.3) is 11.8 Å². The number of alkyl halides is 2. The summed E-state index contributed by atoms with van der Waals surface area (Å²) in [4.78, 5) is 51.6. The number of aromatic hydroxyl groups is 1. The number of allylic oxidation sites excluding steroid dienone is 2. The van der Waals surface area contributed by atoms with Crippen LogP contribution < -0.4 is 4.90 Å². The van der Waals surface area contributed by atoms with Gasteiger partial charge in [0.15, 0.2) is 33.0 Å². The third-order valence-corrected chi connectivity index (χ3v) is 11.5. The Kier molecular flexibility index (Phi) is 7.46. The van der Waals surface area contributed by atoms with Gasteiger partial charge in [0.05, 0.1) is 18.4 Å². The highest BCUT2D eigenvalue weighted by Gasteiger charge is 2.77. The Bertz CT molecular complexity index is 1990. The summed E-state index contributed by atoms with van der Waals surface area (Å²) in [7, 11) is 0. The Hall–Kier alpha value is -4.00. The third-order valence-electron chi connectivity index (χ3n) is 9.79. The van der Waals surface area contributed by atoms with E-state index in [9.17, 15) is 37.5 Å². The molecule has 0 radical (unpaired) electrons. The molecule has 15 heteroatoms. The molecule has 0 aromatic heterocycles. The first-order valence-corrected chi connectivity index (χ1v) is 15.6. The fourth-order valence-corrected chi connectivity index (χ4v) is 8.86. The van der Waals surface area contributed by atoms with Gasteiger partial charge in [0, 0.05) is 10.9 Å². The van der Waals surface area contributed by atoms with E-state index in [2.05, 4.69) is 0 Å². The van der Waals surface area contributed by atoms with E-state index in [1.54, 1.807) is 36.4 Å². The molecule has 2 aliphatic carbocycles. The van der Waals surface area contributed by atoms with Gasteiger partial charge in [-0.15, -0.1) is 23.2 Å². The predicted molar refractivity (Wildman–Crippen MR) is 162 cm³/mol. The molecule has 48 heavy (non-hydrogen) atoms. The first-order valence-electron chi connectivity index (χ1n) is 14.5. The quantitative estimate of drug-likeness (QED) is 0.0828. The van der Waals surface area contributed by atoms with Gasteiger partial charge >= 0.3 is 0 Å². The molecule has 2 saturated heterocycles. The van der Waals surface area contributed by atoms with Gasteiger partial charge in [0.1, 0.15) is 11.4 Å². The average Bonchev–Trinajstić information content (AvgIpc) is 3.38. The van der Waals surface area contributed by atoms with E-state index in [0.717, 1.165) is 11.0 Å². The highest BCUT2D eigenvalue weighted by molar-refractivity contribution is 6.58. The third kappa shape index (κ3) is 4.18. The first kappa shape index (κ1) is 32.5. The molecule has 4 aliphatic rings. The lowest BCUT2D eigenvalue weighted by Gasteiger charge is -2.50. The number of hydrogen-bond acceptors (Lipinski definition) is 5. The largest absolute Gasteiger partial charge is 0.508 e. The number of amides is 4. The number of imide groups is 2. The van der Waals surface area contributed by atoms with Crippen LogP contribution in [0, 0.1) is 46.8 Å². The Balaban J connectivity index is 1.41. The molecule has 1 saturated carbocycles. The van der Waals surface area contributed by atoms with E-state index in [0.29, 0.717) is 5.56 Å². The molecule has 2 aliphatic heterocycles. The van der Waals surface area contributed by atoms with Gasteiger partial charge in [-0.25, -0.2) is 26.9 Å². The lowest BCUT2D eigenvalue weighted by molar-refractivity contribution is -0.141. The Labute approximate surface area is 283 Å². The summed E-state index contributed by atoms with van der Waals surface area (Å²) in [6, 6.07) is 12.2. The molecular formula is C33H20Cl3F5N2O5. The zero-order valence-electron chi connectivity index (χ0n) is 24.1. The van der Waals surface area contributed by atoms with E-state index in [4.69, 9.17) is 34.8 Å². The number of fused-ring (bicyclic) bond motifs is 4. The van der Waals surface area contributed by atoms with Gasteiger partial charge < -0.3 is 5.11 Å². The number of carbonyl (C=O) groups excluding carboxylic acids is 4. The lowest BCUT2D eigenvalue weighted by atomic mass is 9.56. The van der Waals surface area contributed by atoms with Gasteiger partial charge in [-0.1, -0.05) is 59.6 Å². The molecule has 3 fully saturated rings. The molecule has 248 valence electrons. The van der Waals surface area contributed by atoms with Crippen LogP contribution >= 0.6 is 34.8 Å². The summed E-state index contributed by atoms with van der Waals surface area (Å²) < 4.78 is 73.0. The molecule has 4 amide bonds. The molecular weight excluding hydrogens is 706 g/mol. The van der Waals surface area contributed by atoms with Crippen LogP contribution in [-0.4, -0.2) is 43.4 Å². The summed E-state index contributed by atoms with van der Waals surface area (Å²) in [6.45, 7) is -0.0579. The second kappa shape index (κ2) is 11.0. The van der Waals surface area contributed by atoms with Crippen LogP contribution in [-0.2, 0) is 25.7 Å². The summed E-state index contributed by atoms with van der Waals surface area (Å²) in [6.07, 6.45) is 0.923. The number of halogens is 8. The monoisotopic (exact) mass is 724 g/mol. The number of benzene rings is 3. The van der Waals surface area contributed by atoms with Gasteiger partial charge in [-0.2, -0.15) is 0 Å². The SMILES string of the molecule is O=C1[C@H]2[C@H](CC=C3[C@H]2C[C@@]2(Cl)C(=O)N(c4c(F)c(F)c(F)c(F)c4F)C(=O)[C@@]2(Cl)[C@H]3c2ccc(O)cc2Cl)C(=O)N1Cc1ccccc1. The summed E-state index contributed by atoms with van der Waals surface area (Å²) in [5.41, 5.74) is -0.963. The Morgan fingerprint density at radius 1 is 0.812 bits per heavy atom. The van der Waals surface area contributed by atoms with Crippen LogP contribution in [0.4, 0.5) is 27.6 Å². The van der Waals surface area contributed by atoms with Crippen molar-refractivity contribution in [3.8, 4) is 5.75 Å². The van der Waals surface area contributed by atoms with E-state index in [-0.39, 0.29) is 39.8 Å². The number of likely N-dealkylation sites (tertiary alicyclic amines) is 1. The highest BCUT2D eigenvalue weighted by Crippen LogP contribution is 2.66. The van der Waals surface area contributed by atoms with Gasteiger partial charge in [0.2, 0.25) is 17.6 Å². The van der Waals surface area contributed by atoms with Crippen molar-refractivity contribution in [2.45, 2.75) is 35.1 Å². The second-order valence-electron chi connectivity index (χ2n) is 12.1. The number of nitrogens with zero attached hydrogens (tertiary/aromatic N) is 2. The zero-order valence-corrected chi connectivity index (χ0v) is 26.4. The molecule has 3 aromatic carbocycles. The standard InChI is InChI=1S/C33H20Cl3F5N2O5/c34-19-10-14(44)6-7-16(19)21-15-8-9-17-20(29(46)42(28(17)45)12-13-4-2-1-3-5-13)18(15)11-32(35)30(47)43(31(48)33(21,32)36)27-25(40)23(38)22(37)24(39)26(27)41/h1-8,10,17-18,20-21,44H,9,11-12H2/t17-,18+,20-,21+,32+,33-/m0/s1. The predicted octanol–water partition coefficient (Wildman–Crippen LogP) is 6.50. The normalized spacial score (nSPS) is 29.6. The van der Waals surface area contributed by atoms with Crippen molar-refractivity contribution in [1.29, 1.82) is 0 Å². The lowest BCUT2D eigenvalue weighted by Crippen LogP contribution is -2.60. The molecule has 6 atom stereocenters. The summed E-state index contributed by atoms with van der Waals surface area (Å²) in [5.74, 6) is -21.6. The second-order valence-corrected chi connectivity index (χ2v) is 13.8. The van der Waals surface area contributed by atoms with Gasteiger partial charge in [-0.05, 0) is 42.0 Å². The van der Waals surface area contributed by atoms with E-state index in [1.807, 2.05) is 0 Å². The van der Waals surface area contributed by atoms with E-state index in [1.165, 1.54) is 12.1 Å². The smallest absolute Gasteiger partial charge is 0.258 e. The van der Waals surface area contributed by atoms with Crippen molar-refractivity contribution in [1.82, 2.24) is 4.90 Å². The minimum Gasteiger partial charge on any atom is -0.508 e. The fourth-order valence-electron chi connectivity index (χ4n) is 7.65. The zero-order chi connectivity index (χ0) is 34.6. The molecule has 1 N–H and O–H groups in total. The fraction of sp³-hybridized carbons (Fsp3) is 0.273. The average molecular weight is 726 g/mol. The van der Waals surface area contributed by atoms with Crippen molar-refractivity contribution in [2.75, 3.05) is 4.90 Å². The number of phenols is 1. The molecule has 7 rings (SSSR count). The Morgan fingerprint density at radius 2 is 1.44 bits per heavy atom. The molecule has 0 spiro atoms. The van der Waals surface area contributed by atoms with Crippen LogP contribution in [0.2, 0.25) is 5.02 Å². The topological polar surface area (TPSA) is 95.0 Å². The molecule has 0 bridgehead atoms. The molecule has 3 aromatic rings. The van der Waals surface area contributed by atoms with E-state index < -0.39 is 98.2 Å². The maximum Gasteiger partial charge on any atom is 0.258 e. The molecule has 2 heterocycles. The van der Waals surface area contributed by atoms with Crippen LogP contribution in [0.1, 0.15) is 29.9 Å². The van der Waals surface area contributed by atoms with E-state index >= 15 is 8.78 Å². The minimum absolute atomic E-state index is 0.00205. The van der Waals surface area contributed by atoms with Crippen LogP contribution in [0.5, 0.6) is 5.75 Å². The number of anilines is 1. The first-order chi connectivity index (χ1) is 22.6. The number of phenolic OH excluding ortho intramolecular Hbond substituents is 1. The molecule has 7 nitrogen and oxygen atoms in total. The van der Waals surface area contributed by atoms with Gasteiger partial charge in [-0.3, -0.25) is 24.1 Å². The number of hydrogen-bond donors (Lipinski definition) is 1. The van der Waals surface area contributed by atoms with Crippen LogP contribution in [0.15, 0.2) is 60.2 Å². The molecule has 0 unspecified atom stereocenters. The minimum atomic E-state index is -2.71. The maximum atomic E-state index is 15.1. The Morgan fingerprint density at radius 3 is 2.06 bits per heavy atom. The van der Waals surface area contributed by atoms with Crippen molar-refractivity contribution < 1.29 is 46.2 Å². The highest BCUT2D eigenvalue weighted by atomic mass is 35.5. The van der Waals surface area contributed by atoms with Crippen molar-refractivity contribution in [2.24, 2.45) is 17.8 Å². The van der Waals surface area contributed by atoms with Crippen LogP contribution in [0.25, 0.3) is 0 Å². The van der Waals surface area contributed by atoms with Crippen molar-refractivity contribution in [3.05, 3.63) is 105 Å². The van der Waals surface area contributed by atoms with Crippen LogP contribution in [0.3, 0.4) is 0 Å². The maximum absolute atomic E-state index is 15.1. The van der Waals surface area contributed by atoms with Crippen molar-refractivity contribution in [3.63, 3.8) is 0 Å². The summed E-state index contributed by atoms with van der Waals surface area (Å²) >= 11 is 20.7. The summed E-state index contributed by atoms with van der Waals surface area (Å²) in [5, 5.41) is 9.88. The number of rotatable bonds is 4.